The Balaban J connectivity index is 2.15. The van der Waals surface area contributed by atoms with Crippen molar-refractivity contribution >= 4 is 34.8 Å². The Kier molecular flexibility index (Phi) is 10.2. The van der Waals surface area contributed by atoms with E-state index in [0.717, 1.165) is 16.0 Å². The van der Waals surface area contributed by atoms with Gasteiger partial charge in [-0.1, -0.05) is 31.4 Å². The summed E-state index contributed by atoms with van der Waals surface area (Å²) in [6.07, 6.45) is 6.83. The fourth-order valence-electron chi connectivity index (χ4n) is 2.93. The minimum atomic E-state index is -0.389. The monoisotopic (exact) mass is 466 g/mol. The van der Waals surface area contributed by atoms with Gasteiger partial charge in [0, 0.05) is 40.9 Å². The van der Waals surface area contributed by atoms with Gasteiger partial charge in [0.1, 0.15) is 24.7 Å². The lowest BCUT2D eigenvalue weighted by Crippen LogP contribution is -2.09. The van der Waals surface area contributed by atoms with Crippen LogP contribution in [-0.2, 0) is 16.1 Å². The van der Waals surface area contributed by atoms with E-state index in [0.29, 0.717) is 41.5 Å². The van der Waals surface area contributed by atoms with Crippen molar-refractivity contribution in [2.75, 3.05) is 13.2 Å². The summed E-state index contributed by atoms with van der Waals surface area (Å²) in [5, 5.41) is 1.92. The lowest BCUT2D eigenvalue weighted by Gasteiger charge is -2.12. The zero-order valence-electron chi connectivity index (χ0n) is 19.3. The summed E-state index contributed by atoms with van der Waals surface area (Å²) in [4.78, 5) is 17.1. The van der Waals surface area contributed by atoms with Crippen molar-refractivity contribution in [2.24, 2.45) is 10.7 Å². The molecule has 0 radical (unpaired) electrons. The minimum absolute atomic E-state index is 0.261. The van der Waals surface area contributed by atoms with Gasteiger partial charge in [-0.15, -0.1) is 11.3 Å². The van der Waals surface area contributed by atoms with Crippen LogP contribution < -0.4 is 15.2 Å². The summed E-state index contributed by atoms with van der Waals surface area (Å²) in [6.45, 7) is 13.9. The summed E-state index contributed by atoms with van der Waals surface area (Å²) >= 11 is 1.41. The minimum Gasteiger partial charge on any atom is -0.489 e. The second-order valence-electron chi connectivity index (χ2n) is 6.79. The SMILES string of the molecule is C=CN=C/C(=C\C)COc1cccc(OCc2csc(/C(=C\C)C(=O)OCC)c2C(=C)N)c1. The number of ether oxygens (including phenoxy) is 3. The molecule has 1 aromatic heterocycles. The second kappa shape index (κ2) is 13.1. The molecule has 0 amide bonds. The molecule has 174 valence electrons. The molecule has 0 spiro atoms. The predicted octanol–water partition coefficient (Wildman–Crippen LogP) is 5.76. The molecular formula is C26H30N2O4S. The van der Waals surface area contributed by atoms with Gasteiger partial charge >= 0.3 is 5.97 Å². The van der Waals surface area contributed by atoms with Crippen LogP contribution in [0.4, 0.5) is 0 Å². The first-order valence-corrected chi connectivity index (χ1v) is 11.4. The molecule has 0 aliphatic carbocycles. The van der Waals surface area contributed by atoms with E-state index < -0.39 is 0 Å². The fourth-order valence-corrected chi connectivity index (χ4v) is 4.08. The van der Waals surface area contributed by atoms with Gasteiger partial charge in [-0.25, -0.2) is 4.79 Å². The van der Waals surface area contributed by atoms with Gasteiger partial charge in [-0.3, -0.25) is 4.99 Å². The first kappa shape index (κ1) is 25.7. The highest BCUT2D eigenvalue weighted by Crippen LogP contribution is 2.34. The largest absolute Gasteiger partial charge is 0.489 e. The molecule has 6 nitrogen and oxygen atoms in total. The van der Waals surface area contributed by atoms with Gasteiger partial charge in [-0.2, -0.15) is 0 Å². The van der Waals surface area contributed by atoms with Crippen molar-refractivity contribution in [1.29, 1.82) is 0 Å². The van der Waals surface area contributed by atoms with Crippen LogP contribution in [0.1, 0.15) is 36.8 Å². The number of nitrogens with zero attached hydrogens (tertiary/aromatic N) is 1. The zero-order valence-corrected chi connectivity index (χ0v) is 20.1. The number of aliphatic imine (C=N–C) groups is 1. The van der Waals surface area contributed by atoms with E-state index in [1.807, 2.05) is 42.6 Å². The number of esters is 1. The maximum Gasteiger partial charge on any atom is 0.339 e. The van der Waals surface area contributed by atoms with Crippen LogP contribution in [0.3, 0.4) is 0 Å². The molecule has 0 aliphatic rings. The van der Waals surface area contributed by atoms with Crippen LogP contribution in [0.15, 0.2) is 71.7 Å². The number of carbonyl (C=O) groups is 1. The van der Waals surface area contributed by atoms with Crippen LogP contribution in [0, 0.1) is 0 Å². The number of hydrogen-bond acceptors (Lipinski definition) is 7. The van der Waals surface area contributed by atoms with E-state index in [1.54, 1.807) is 26.1 Å². The van der Waals surface area contributed by atoms with Crippen molar-refractivity contribution in [3.05, 3.63) is 82.7 Å². The number of carbonyl (C=O) groups excluding carboxylic acids is 1. The van der Waals surface area contributed by atoms with Crippen molar-refractivity contribution in [3.8, 4) is 11.5 Å². The Morgan fingerprint density at radius 2 is 1.94 bits per heavy atom. The van der Waals surface area contributed by atoms with Crippen molar-refractivity contribution in [2.45, 2.75) is 27.4 Å². The molecule has 2 N–H and O–H groups in total. The highest BCUT2D eigenvalue weighted by molar-refractivity contribution is 7.12. The van der Waals surface area contributed by atoms with Gasteiger partial charge in [-0.05, 0) is 38.3 Å². The first-order valence-electron chi connectivity index (χ1n) is 10.5. The highest BCUT2D eigenvalue weighted by Gasteiger charge is 2.21. The maximum absolute atomic E-state index is 12.3. The van der Waals surface area contributed by atoms with Crippen molar-refractivity contribution in [1.82, 2.24) is 0 Å². The quantitative estimate of drug-likeness (QED) is 0.244. The maximum atomic E-state index is 12.3. The van der Waals surface area contributed by atoms with Gasteiger partial charge in [0.05, 0.1) is 17.1 Å². The molecule has 0 bridgehead atoms. The van der Waals surface area contributed by atoms with E-state index in [-0.39, 0.29) is 12.6 Å². The van der Waals surface area contributed by atoms with E-state index in [1.165, 1.54) is 17.5 Å². The van der Waals surface area contributed by atoms with Crippen LogP contribution in [0.5, 0.6) is 11.5 Å². The Bertz CT molecular complexity index is 1080. The molecule has 0 atom stereocenters. The van der Waals surface area contributed by atoms with Crippen LogP contribution in [0.25, 0.3) is 11.3 Å². The third kappa shape index (κ3) is 7.22. The lowest BCUT2D eigenvalue weighted by molar-refractivity contribution is -0.136. The molecular weight excluding hydrogens is 436 g/mol. The third-order valence-corrected chi connectivity index (χ3v) is 5.60. The standard InChI is InChI=1S/C26H30N2O4S/c1-6-19(14-28-8-3)15-31-21-11-10-12-22(13-21)32-16-20-17-33-25(24(20)18(5)27)23(7-2)26(29)30-9-4/h6-8,10-14,17H,3,5,9,15-16,27H2,1-2,4H3/b19-6+,23-7+,28-14?. The molecule has 0 saturated carbocycles. The number of hydrogen-bond donors (Lipinski definition) is 1. The molecule has 0 saturated heterocycles. The molecule has 2 rings (SSSR count). The van der Waals surface area contributed by atoms with Crippen LogP contribution in [-0.4, -0.2) is 25.4 Å². The summed E-state index contributed by atoms with van der Waals surface area (Å²) in [7, 11) is 0. The lowest BCUT2D eigenvalue weighted by atomic mass is 10.0. The molecule has 1 heterocycles. The first-order chi connectivity index (χ1) is 15.9. The van der Waals surface area contributed by atoms with E-state index in [2.05, 4.69) is 18.2 Å². The summed E-state index contributed by atoms with van der Waals surface area (Å²) in [5.41, 5.74) is 9.37. The topological polar surface area (TPSA) is 83.1 Å². The zero-order chi connectivity index (χ0) is 24.2. The van der Waals surface area contributed by atoms with Gasteiger partial charge < -0.3 is 19.9 Å². The van der Waals surface area contributed by atoms with Crippen molar-refractivity contribution < 1.29 is 19.0 Å². The Morgan fingerprint density at radius 1 is 1.21 bits per heavy atom. The van der Waals surface area contributed by atoms with Crippen LogP contribution in [0.2, 0.25) is 0 Å². The smallest absolute Gasteiger partial charge is 0.339 e. The summed E-state index contributed by atoms with van der Waals surface area (Å²) in [6, 6.07) is 7.39. The highest BCUT2D eigenvalue weighted by atomic mass is 32.1. The number of benzene rings is 1. The van der Waals surface area contributed by atoms with Crippen molar-refractivity contribution in [3.63, 3.8) is 0 Å². The Hall–Kier alpha value is -3.58. The molecule has 7 heteroatoms. The number of allylic oxidation sites excluding steroid dienone is 2. The van der Waals surface area contributed by atoms with E-state index >= 15 is 0 Å². The summed E-state index contributed by atoms with van der Waals surface area (Å²) in [5.74, 6) is 0.930. The van der Waals surface area contributed by atoms with Crippen LogP contribution >= 0.6 is 11.3 Å². The molecule has 0 aliphatic heterocycles. The number of rotatable bonds is 12. The normalized spacial score (nSPS) is 12.0. The average molecular weight is 467 g/mol. The Morgan fingerprint density at radius 3 is 2.55 bits per heavy atom. The second-order valence-corrected chi connectivity index (χ2v) is 7.67. The van der Waals surface area contributed by atoms with E-state index in [9.17, 15) is 4.79 Å². The number of thiophene rings is 1. The third-order valence-electron chi connectivity index (χ3n) is 4.54. The van der Waals surface area contributed by atoms with E-state index in [4.69, 9.17) is 19.9 Å². The van der Waals surface area contributed by atoms with Gasteiger partial charge in [0.15, 0.2) is 0 Å². The molecule has 33 heavy (non-hydrogen) atoms. The predicted molar refractivity (Wildman–Crippen MR) is 137 cm³/mol. The Labute approximate surface area is 199 Å². The molecule has 0 unspecified atom stereocenters. The molecule has 1 aromatic carbocycles. The average Bonchev–Trinajstić information content (AvgIpc) is 3.23. The fraction of sp³-hybridized carbons (Fsp3) is 0.231. The summed E-state index contributed by atoms with van der Waals surface area (Å²) < 4.78 is 17.0. The number of nitrogens with two attached hydrogens (primary N) is 1. The molecule has 0 fully saturated rings. The molecule has 2 aromatic rings. The van der Waals surface area contributed by atoms with Gasteiger partial charge in [0.2, 0.25) is 0 Å². The van der Waals surface area contributed by atoms with Gasteiger partial charge in [0.25, 0.3) is 0 Å².